The van der Waals surface area contributed by atoms with Crippen molar-refractivity contribution >= 4 is 28.6 Å². The van der Waals surface area contributed by atoms with Crippen LogP contribution in [0.4, 0.5) is 0 Å². The van der Waals surface area contributed by atoms with Gasteiger partial charge in [-0.25, -0.2) is 5.57 Å². The van der Waals surface area contributed by atoms with Crippen molar-refractivity contribution in [1.29, 1.82) is 0 Å². The largest absolute Gasteiger partial charge is 0.147 e. The minimum Gasteiger partial charge on any atom is -0.147 e. The molecule has 2 nitrogen and oxygen atoms in total. The molecule has 0 heterocycles. The Hall–Kier alpha value is -0.536. The Labute approximate surface area is 196 Å². The Morgan fingerprint density at radius 2 is 1.54 bits per heavy atom. The van der Waals surface area contributed by atoms with E-state index in [1.165, 1.54) is 20.5 Å². The summed E-state index contributed by atoms with van der Waals surface area (Å²) >= 11 is 2.08. The van der Waals surface area contributed by atoms with Crippen LogP contribution in [0.5, 0.6) is 11.5 Å². The summed E-state index contributed by atoms with van der Waals surface area (Å²) in [6, 6.07) is 5.32. The number of allylic oxidation sites excluding steroid dienone is 4. The summed E-state index contributed by atoms with van der Waals surface area (Å²) in [6.07, 6.45) is 3.36. The molecule has 0 fully saturated rings. The van der Waals surface area contributed by atoms with Gasteiger partial charge in [-0.15, -0.1) is 31.7 Å². The van der Waals surface area contributed by atoms with E-state index >= 15 is 0 Å². The van der Waals surface area contributed by atoms with Gasteiger partial charge in [-0.1, -0.05) is 47.5 Å². The molecule has 1 aliphatic carbocycles. The van der Waals surface area contributed by atoms with Gasteiger partial charge in [0.2, 0.25) is 0 Å². The third-order valence-corrected chi connectivity index (χ3v) is 4.23. The average molecular weight is 464 g/mol. The Kier molecular flexibility index (Phi) is 16.6. The van der Waals surface area contributed by atoms with Gasteiger partial charge in [-0.05, 0) is 23.1 Å². The summed E-state index contributed by atoms with van der Waals surface area (Å²) in [5.41, 5.74) is 5.35. The molecular formula is C23H37Cl2O2Ti. The molecule has 0 aromatic heterocycles. The van der Waals surface area contributed by atoms with E-state index in [0.717, 1.165) is 5.56 Å². The van der Waals surface area contributed by atoms with Crippen LogP contribution in [-0.2, 0) is 25.4 Å². The molecule has 0 amide bonds. The number of phenols is 1. The van der Waals surface area contributed by atoms with Gasteiger partial charge in [0.1, 0.15) is 11.5 Å². The zero-order valence-corrected chi connectivity index (χ0v) is 22.2. The third kappa shape index (κ3) is 12.1. The molecule has 1 N–H and O–H groups in total. The van der Waals surface area contributed by atoms with E-state index in [0.29, 0.717) is 11.7 Å². The number of halogens is 2. The van der Waals surface area contributed by atoms with Crippen molar-refractivity contribution in [2.45, 2.75) is 67.7 Å². The molecule has 0 saturated carbocycles. The molecule has 28 heavy (non-hydrogen) atoms. The van der Waals surface area contributed by atoms with E-state index < -0.39 is 0 Å². The molecule has 1 aromatic carbocycles. The topological polar surface area (TPSA) is 29.5 Å². The molecule has 0 spiro atoms. The van der Waals surface area contributed by atoms with Gasteiger partial charge in [0.25, 0.3) is 0 Å². The molecule has 0 radical (unpaired) electrons. The van der Waals surface area contributed by atoms with Crippen molar-refractivity contribution in [1.82, 2.24) is 0 Å². The summed E-state index contributed by atoms with van der Waals surface area (Å²) in [5, 5.41) is 9.41. The molecule has 0 saturated heterocycles. The van der Waals surface area contributed by atoms with Crippen molar-refractivity contribution in [3.8, 4) is 11.5 Å². The van der Waals surface area contributed by atoms with Crippen LogP contribution in [-0.4, -0.2) is 16.0 Å². The van der Waals surface area contributed by atoms with Crippen molar-refractivity contribution in [3.63, 3.8) is 0 Å². The van der Waals surface area contributed by atoms with E-state index in [1.54, 1.807) is 19.2 Å². The zero-order valence-electron chi connectivity index (χ0n) is 19.0. The molecule has 1 aliphatic rings. The van der Waals surface area contributed by atoms with Gasteiger partial charge in [0.15, 0.2) is 0 Å². The maximum Gasteiger partial charge on any atom is -0.147 e. The molecule has 0 aliphatic heterocycles. The van der Waals surface area contributed by atoms with E-state index in [-0.39, 0.29) is 36.0 Å². The molecule has 1 aromatic rings. The van der Waals surface area contributed by atoms with Gasteiger partial charge in [0, 0.05) is 6.07 Å². The molecule has 1 atom stereocenters. The quantitative estimate of drug-likeness (QED) is 0.358. The van der Waals surface area contributed by atoms with Crippen LogP contribution in [0.1, 0.15) is 67.9 Å². The fourth-order valence-corrected chi connectivity index (χ4v) is 2.30. The fraction of sp³-hybridized carbons (Fsp3) is 0.522. The van der Waals surface area contributed by atoms with E-state index in [1.807, 2.05) is 6.07 Å². The zero-order chi connectivity index (χ0) is 20.7. The predicted octanol–water partition coefficient (Wildman–Crippen LogP) is 7.01. The number of hydrogen-bond acceptors (Lipinski definition) is 2. The number of aromatic hydroxyl groups is 1. The summed E-state index contributed by atoms with van der Waals surface area (Å²) < 4.78 is 6.49. The van der Waals surface area contributed by atoms with Crippen LogP contribution in [0.25, 0.3) is 0 Å². The minimum atomic E-state index is 0. The van der Waals surface area contributed by atoms with Crippen molar-refractivity contribution in [2.24, 2.45) is 5.92 Å². The first kappa shape index (κ1) is 32.1. The number of methoxy groups -OCH3 is 1. The Bertz CT molecular complexity index is 682. The molecule has 5 heteroatoms. The van der Waals surface area contributed by atoms with E-state index in [2.05, 4.69) is 88.4 Å². The van der Waals surface area contributed by atoms with E-state index in [9.17, 15) is 5.11 Å². The minimum absolute atomic E-state index is 0. The Balaban J connectivity index is -0.000000366. The standard InChI is InChI=1S/C11H16O2.C9H13.C3H6.2ClH.Ti/c1-11(2,3)8-5-9(12)7-10(6-8)13-4;1-6-5-7(2)9(4)8(6)3;1-3-2;;;/h5-7,12H,1-4H3;6H,1-4H3;1-2H3;2*1H;/q;-1;;;;+1. The molecule has 1 unspecified atom stereocenters. The van der Waals surface area contributed by atoms with Gasteiger partial charge in [-0.3, -0.25) is 6.08 Å². The van der Waals surface area contributed by atoms with E-state index in [4.69, 9.17) is 4.74 Å². The van der Waals surface area contributed by atoms with Crippen molar-refractivity contribution < 1.29 is 29.8 Å². The predicted molar refractivity (Wildman–Crippen MR) is 124 cm³/mol. The van der Waals surface area contributed by atoms with Crippen LogP contribution < -0.4 is 4.74 Å². The average Bonchev–Trinajstić information content (AvgIpc) is 2.72. The van der Waals surface area contributed by atoms with Crippen LogP contribution in [0, 0.1) is 12.0 Å². The maximum atomic E-state index is 9.41. The summed E-state index contributed by atoms with van der Waals surface area (Å²) in [5.74, 6) is 1.51. The number of benzene rings is 1. The molecule has 2 rings (SSSR count). The maximum absolute atomic E-state index is 9.41. The van der Waals surface area contributed by atoms with Crippen molar-refractivity contribution in [3.05, 3.63) is 46.6 Å². The number of rotatable bonds is 1. The monoisotopic (exact) mass is 463 g/mol. The number of hydrogen-bond donors (Lipinski definition) is 1. The number of ether oxygens (including phenoxy) is 1. The second-order valence-electron chi connectivity index (χ2n) is 7.97. The second kappa shape index (κ2) is 14.4. The fourth-order valence-electron chi connectivity index (χ4n) is 2.30. The Morgan fingerprint density at radius 1 is 1.07 bits per heavy atom. The Morgan fingerprint density at radius 3 is 1.79 bits per heavy atom. The van der Waals surface area contributed by atoms with Crippen molar-refractivity contribution in [2.75, 3.05) is 7.11 Å². The van der Waals surface area contributed by atoms with Gasteiger partial charge in [0.05, 0.1) is 7.11 Å². The first-order valence-corrected chi connectivity index (χ1v) is 9.75. The third-order valence-electron chi connectivity index (χ3n) is 4.23. The number of phenolic OH excluding ortho intramolecular Hbond substituents is 1. The summed E-state index contributed by atoms with van der Waals surface area (Å²) in [6.45, 7) is 19.1. The molecular weight excluding hydrogens is 427 g/mol. The first-order chi connectivity index (χ1) is 11.8. The SMILES string of the molecule is CC1=[C-]C(C)C(C)=C1C.COc1cc(O)cc(C(C)(C)C)c1.C[C](C)=[Ti+].Cl.Cl. The van der Waals surface area contributed by atoms with Crippen LogP contribution in [0.2, 0.25) is 0 Å². The van der Waals surface area contributed by atoms with Gasteiger partial charge >= 0.3 is 37.6 Å². The van der Waals surface area contributed by atoms with Crippen LogP contribution in [0.15, 0.2) is 34.9 Å². The smallest absolute Gasteiger partial charge is 0.147 e. The van der Waals surface area contributed by atoms with Crippen LogP contribution >= 0.6 is 24.8 Å². The normalized spacial score (nSPS) is 15.0. The van der Waals surface area contributed by atoms with Gasteiger partial charge < -0.3 is 9.84 Å². The molecule has 159 valence electrons. The summed E-state index contributed by atoms with van der Waals surface area (Å²) in [7, 11) is 1.60. The first-order valence-electron chi connectivity index (χ1n) is 8.97. The molecule has 0 bridgehead atoms. The summed E-state index contributed by atoms with van der Waals surface area (Å²) in [4.78, 5) is 0. The van der Waals surface area contributed by atoms with Gasteiger partial charge in [-0.2, -0.15) is 11.1 Å². The van der Waals surface area contributed by atoms with Crippen LogP contribution in [0.3, 0.4) is 0 Å². The second-order valence-corrected chi connectivity index (χ2v) is 9.53.